The van der Waals surface area contributed by atoms with Crippen LogP contribution < -0.4 is 4.74 Å². The number of hydrogen-bond acceptors (Lipinski definition) is 6. The minimum atomic E-state index is -0.263. The van der Waals surface area contributed by atoms with Crippen LogP contribution in [0.25, 0.3) is 16.4 Å². The van der Waals surface area contributed by atoms with E-state index in [-0.39, 0.29) is 11.2 Å². The number of carbonyl (C=O) groups is 1. The molecule has 1 aliphatic carbocycles. The zero-order chi connectivity index (χ0) is 21.8. The molecule has 1 aromatic carbocycles. The lowest BCUT2D eigenvalue weighted by molar-refractivity contribution is -0.131. The van der Waals surface area contributed by atoms with Gasteiger partial charge in [0.2, 0.25) is 5.91 Å². The van der Waals surface area contributed by atoms with Gasteiger partial charge in [-0.05, 0) is 43.3 Å². The summed E-state index contributed by atoms with van der Waals surface area (Å²) in [6, 6.07) is 12.2. The topological polar surface area (TPSA) is 60.2 Å². The lowest BCUT2D eigenvalue weighted by atomic mass is 9.94. The maximum absolute atomic E-state index is 13.2. The predicted molar refractivity (Wildman–Crippen MR) is 126 cm³/mol. The highest BCUT2D eigenvalue weighted by Gasteiger charge is 2.28. The molecule has 6 nitrogen and oxygen atoms in total. The molecule has 1 unspecified atom stereocenters. The largest absolute Gasteiger partial charge is 0.495 e. The summed E-state index contributed by atoms with van der Waals surface area (Å²) in [4.78, 5) is 16.1. The average Bonchev–Trinajstić information content (AvgIpc) is 3.48. The Hall–Kier alpha value is -2.32. The summed E-state index contributed by atoms with van der Waals surface area (Å²) in [6.45, 7) is 1.96. The predicted octanol–water partition coefficient (Wildman–Crippen LogP) is 5.28. The number of carbonyl (C=O) groups excluding carboxylic acids is 1. The van der Waals surface area contributed by atoms with Crippen molar-refractivity contribution in [3.63, 3.8) is 0 Å². The molecule has 0 aliphatic heterocycles. The van der Waals surface area contributed by atoms with Crippen LogP contribution >= 0.6 is 23.1 Å². The van der Waals surface area contributed by atoms with E-state index in [1.165, 1.54) is 31.0 Å². The van der Waals surface area contributed by atoms with Crippen LogP contribution in [0.2, 0.25) is 0 Å². The van der Waals surface area contributed by atoms with Gasteiger partial charge in [-0.2, -0.15) is 0 Å². The number of ether oxygens (including phenoxy) is 1. The van der Waals surface area contributed by atoms with Crippen molar-refractivity contribution < 1.29 is 9.53 Å². The van der Waals surface area contributed by atoms with Crippen LogP contribution in [0.1, 0.15) is 39.0 Å². The van der Waals surface area contributed by atoms with Crippen molar-refractivity contribution in [3.8, 4) is 22.1 Å². The van der Waals surface area contributed by atoms with Crippen LogP contribution in [0, 0.1) is 0 Å². The number of thioether (sulfide) groups is 1. The summed E-state index contributed by atoms with van der Waals surface area (Å²) in [5, 5.41) is 11.4. The number of para-hydroxylation sites is 2. The summed E-state index contributed by atoms with van der Waals surface area (Å²) >= 11 is 3.06. The molecule has 164 valence electrons. The minimum Gasteiger partial charge on any atom is -0.495 e. The Morgan fingerprint density at radius 2 is 1.97 bits per heavy atom. The third-order valence-electron chi connectivity index (χ3n) is 5.80. The summed E-state index contributed by atoms with van der Waals surface area (Å²) in [5.74, 6) is 1.63. The molecular formula is C23H28N4O2S2. The van der Waals surface area contributed by atoms with Gasteiger partial charge < -0.3 is 9.64 Å². The van der Waals surface area contributed by atoms with Gasteiger partial charge in [-0.3, -0.25) is 9.36 Å². The first-order valence-corrected chi connectivity index (χ1v) is 12.4. The van der Waals surface area contributed by atoms with Crippen LogP contribution in [0.4, 0.5) is 0 Å². The molecule has 8 heteroatoms. The molecule has 2 heterocycles. The Labute approximate surface area is 191 Å². The van der Waals surface area contributed by atoms with Gasteiger partial charge in [0, 0.05) is 13.1 Å². The monoisotopic (exact) mass is 456 g/mol. The molecule has 1 fully saturated rings. The first-order chi connectivity index (χ1) is 15.1. The molecular weight excluding hydrogens is 428 g/mol. The van der Waals surface area contributed by atoms with E-state index < -0.39 is 0 Å². The Balaban J connectivity index is 1.64. The molecule has 0 saturated heterocycles. The van der Waals surface area contributed by atoms with Gasteiger partial charge >= 0.3 is 0 Å². The fourth-order valence-electron chi connectivity index (χ4n) is 4.09. The van der Waals surface area contributed by atoms with Gasteiger partial charge in [-0.1, -0.05) is 49.2 Å². The van der Waals surface area contributed by atoms with Crippen molar-refractivity contribution in [1.82, 2.24) is 19.7 Å². The number of rotatable bonds is 7. The second kappa shape index (κ2) is 9.87. The number of hydrogen-bond donors (Lipinski definition) is 0. The van der Waals surface area contributed by atoms with E-state index in [9.17, 15) is 4.79 Å². The molecule has 4 rings (SSSR count). The third-order valence-corrected chi connectivity index (χ3v) is 7.70. The quantitative estimate of drug-likeness (QED) is 0.453. The van der Waals surface area contributed by atoms with Crippen molar-refractivity contribution in [3.05, 3.63) is 41.8 Å². The van der Waals surface area contributed by atoms with Gasteiger partial charge in [0.25, 0.3) is 0 Å². The fraction of sp³-hybridized carbons (Fsp3) is 0.435. The van der Waals surface area contributed by atoms with Gasteiger partial charge in [0.1, 0.15) is 5.75 Å². The van der Waals surface area contributed by atoms with Crippen LogP contribution in [-0.2, 0) is 4.79 Å². The molecule has 0 spiro atoms. The normalized spacial score (nSPS) is 15.6. The van der Waals surface area contributed by atoms with E-state index in [2.05, 4.69) is 10.2 Å². The molecule has 1 amide bonds. The van der Waals surface area contributed by atoms with Crippen molar-refractivity contribution in [2.75, 3.05) is 14.2 Å². The molecule has 0 bridgehead atoms. The van der Waals surface area contributed by atoms with Crippen LogP contribution in [0.3, 0.4) is 0 Å². The smallest absolute Gasteiger partial charge is 0.235 e. The maximum Gasteiger partial charge on any atom is 0.235 e. The molecule has 1 saturated carbocycles. The third kappa shape index (κ3) is 4.65. The molecule has 1 atom stereocenters. The highest BCUT2D eigenvalue weighted by Crippen LogP contribution is 2.35. The molecule has 3 aromatic rings. The zero-order valence-corrected chi connectivity index (χ0v) is 19.8. The number of nitrogens with zero attached hydrogens (tertiary/aromatic N) is 4. The number of benzene rings is 1. The second-order valence-corrected chi connectivity index (χ2v) is 10.0. The van der Waals surface area contributed by atoms with Gasteiger partial charge in [0.05, 0.1) is 22.9 Å². The molecule has 31 heavy (non-hydrogen) atoms. The summed E-state index contributed by atoms with van der Waals surface area (Å²) < 4.78 is 7.61. The molecule has 2 aromatic heterocycles. The highest BCUT2D eigenvalue weighted by atomic mass is 32.2. The first kappa shape index (κ1) is 21.9. The Morgan fingerprint density at radius 3 is 2.68 bits per heavy atom. The minimum absolute atomic E-state index is 0.143. The Bertz CT molecular complexity index is 1010. The van der Waals surface area contributed by atoms with Crippen molar-refractivity contribution >= 4 is 29.0 Å². The average molecular weight is 457 g/mol. The Kier molecular flexibility index (Phi) is 6.97. The van der Waals surface area contributed by atoms with E-state index in [0.29, 0.717) is 11.2 Å². The number of amides is 1. The molecule has 0 N–H and O–H groups in total. The zero-order valence-electron chi connectivity index (χ0n) is 18.2. The standard InChI is InChI=1S/C23H28N4O2S2/c1-16(22(28)26(2)17-10-5-4-6-11-17)31-23-25-24-21(20-14-9-15-30-20)27(23)18-12-7-8-13-19(18)29-3/h7-9,12-17H,4-6,10-11H2,1-3H3. The van der Waals surface area contributed by atoms with Gasteiger partial charge in [0.15, 0.2) is 11.0 Å². The van der Waals surface area contributed by atoms with Crippen molar-refractivity contribution in [2.24, 2.45) is 0 Å². The SMILES string of the molecule is COc1ccccc1-n1c(SC(C)C(=O)N(C)C2CCCCC2)nnc1-c1cccs1. The second-order valence-electron chi connectivity index (χ2n) is 7.79. The summed E-state index contributed by atoms with van der Waals surface area (Å²) in [7, 11) is 3.60. The highest BCUT2D eigenvalue weighted by molar-refractivity contribution is 8.00. The number of aromatic nitrogens is 3. The van der Waals surface area contributed by atoms with Crippen LogP contribution in [-0.4, -0.2) is 51.0 Å². The van der Waals surface area contributed by atoms with Crippen molar-refractivity contribution in [1.29, 1.82) is 0 Å². The van der Waals surface area contributed by atoms with Crippen LogP contribution in [0.5, 0.6) is 5.75 Å². The number of methoxy groups -OCH3 is 1. The lowest BCUT2D eigenvalue weighted by Crippen LogP contribution is -2.42. The van der Waals surface area contributed by atoms with E-state index in [1.54, 1.807) is 18.4 Å². The van der Waals surface area contributed by atoms with Gasteiger partial charge in [-0.25, -0.2) is 0 Å². The molecule has 1 aliphatic rings. The molecule has 0 radical (unpaired) electrons. The summed E-state index contributed by atoms with van der Waals surface area (Å²) in [5.41, 5.74) is 0.862. The van der Waals surface area contributed by atoms with E-state index in [0.717, 1.165) is 35.0 Å². The fourth-order valence-corrected chi connectivity index (χ4v) is 5.75. The Morgan fingerprint density at radius 1 is 1.19 bits per heavy atom. The van der Waals surface area contributed by atoms with E-state index in [1.807, 2.05) is 65.2 Å². The van der Waals surface area contributed by atoms with Crippen molar-refractivity contribution in [2.45, 2.75) is 55.5 Å². The first-order valence-electron chi connectivity index (χ1n) is 10.7. The van der Waals surface area contributed by atoms with Crippen LogP contribution in [0.15, 0.2) is 46.9 Å². The lowest BCUT2D eigenvalue weighted by Gasteiger charge is -2.32. The van der Waals surface area contributed by atoms with E-state index >= 15 is 0 Å². The van der Waals surface area contributed by atoms with E-state index in [4.69, 9.17) is 4.74 Å². The maximum atomic E-state index is 13.2. The summed E-state index contributed by atoms with van der Waals surface area (Å²) in [6.07, 6.45) is 5.88. The number of thiophene rings is 1. The van der Waals surface area contributed by atoms with Gasteiger partial charge in [-0.15, -0.1) is 21.5 Å².